The van der Waals surface area contributed by atoms with E-state index in [0.29, 0.717) is 28.6 Å². The maximum Gasteiger partial charge on any atom is 0.337 e. The number of anilines is 2. The predicted molar refractivity (Wildman–Crippen MR) is 107 cm³/mol. The quantitative estimate of drug-likeness (QED) is 0.604. The van der Waals surface area contributed by atoms with Crippen LogP contribution in [0.4, 0.5) is 11.6 Å². The summed E-state index contributed by atoms with van der Waals surface area (Å²) >= 11 is 0. The molecule has 1 saturated carbocycles. The molecule has 1 heterocycles. The average Bonchev–Trinajstić information content (AvgIpc) is 2.95. The van der Waals surface area contributed by atoms with Crippen molar-refractivity contribution in [3.05, 3.63) is 47.3 Å². The zero-order chi connectivity index (χ0) is 19.9. The molecule has 2 aromatic rings. The van der Waals surface area contributed by atoms with E-state index < -0.39 is 5.97 Å². The Morgan fingerprint density at radius 2 is 1.82 bits per heavy atom. The molecule has 148 valence electrons. The highest BCUT2D eigenvalue weighted by molar-refractivity contribution is 5.93. The maximum atomic E-state index is 12.7. The van der Waals surface area contributed by atoms with Gasteiger partial charge in [0.25, 0.3) is 5.91 Å². The van der Waals surface area contributed by atoms with Gasteiger partial charge in [0.05, 0.1) is 12.7 Å². The van der Waals surface area contributed by atoms with Crippen molar-refractivity contribution in [3.8, 4) is 0 Å². The number of carbonyl (C=O) groups is 2. The van der Waals surface area contributed by atoms with Gasteiger partial charge >= 0.3 is 5.97 Å². The molecular formula is C21H26N4O3. The highest BCUT2D eigenvalue weighted by atomic mass is 16.5. The van der Waals surface area contributed by atoms with E-state index in [1.165, 1.54) is 20.0 Å². The fourth-order valence-electron chi connectivity index (χ4n) is 3.39. The Morgan fingerprint density at radius 1 is 1.07 bits per heavy atom. The fraction of sp³-hybridized carbons (Fsp3) is 0.429. The lowest BCUT2D eigenvalue weighted by atomic mass is 10.1. The number of aromatic nitrogens is 2. The summed E-state index contributed by atoms with van der Waals surface area (Å²) in [6, 6.07) is 8.75. The van der Waals surface area contributed by atoms with Gasteiger partial charge in [-0.2, -0.15) is 0 Å². The highest BCUT2D eigenvalue weighted by Crippen LogP contribution is 2.19. The SMILES string of the molecule is COC(=O)c1cccc(Nc2nc(C)cc(C(=O)NC3CCCCCC3)n2)c1. The zero-order valence-corrected chi connectivity index (χ0v) is 16.3. The molecule has 0 spiro atoms. The predicted octanol–water partition coefficient (Wildman–Crippen LogP) is 3.77. The largest absolute Gasteiger partial charge is 0.465 e. The standard InChI is InChI=1S/C21H26N4O3/c1-14-12-18(19(26)23-16-9-5-3-4-6-10-16)25-21(22-14)24-17-11-7-8-15(13-17)20(27)28-2/h7-8,11-13,16H,3-6,9-10H2,1-2H3,(H,23,26)(H,22,24,25). The number of amides is 1. The first-order chi connectivity index (χ1) is 13.5. The summed E-state index contributed by atoms with van der Waals surface area (Å²) in [5, 5.41) is 6.17. The molecule has 3 rings (SSSR count). The third-order valence-electron chi connectivity index (χ3n) is 4.82. The van der Waals surface area contributed by atoms with Crippen molar-refractivity contribution in [3.63, 3.8) is 0 Å². The molecule has 1 fully saturated rings. The Labute approximate surface area is 164 Å². The number of hydrogen-bond donors (Lipinski definition) is 2. The first kappa shape index (κ1) is 19.8. The van der Waals surface area contributed by atoms with Crippen LogP contribution in [0.1, 0.15) is 65.1 Å². The van der Waals surface area contributed by atoms with E-state index in [0.717, 1.165) is 25.7 Å². The lowest BCUT2D eigenvalue weighted by molar-refractivity contribution is 0.0600. The number of rotatable bonds is 5. The highest BCUT2D eigenvalue weighted by Gasteiger charge is 2.18. The molecule has 0 bridgehead atoms. The van der Waals surface area contributed by atoms with E-state index >= 15 is 0 Å². The van der Waals surface area contributed by atoms with Crippen LogP contribution in [0, 0.1) is 6.92 Å². The second-order valence-electron chi connectivity index (χ2n) is 7.08. The Balaban J connectivity index is 1.74. The van der Waals surface area contributed by atoms with Gasteiger partial charge in [-0.05, 0) is 44.0 Å². The Hall–Kier alpha value is -2.96. The first-order valence-corrected chi connectivity index (χ1v) is 9.67. The molecule has 28 heavy (non-hydrogen) atoms. The van der Waals surface area contributed by atoms with Crippen molar-refractivity contribution in [1.82, 2.24) is 15.3 Å². The normalized spacial score (nSPS) is 14.8. The number of esters is 1. The molecule has 0 aliphatic heterocycles. The van der Waals surface area contributed by atoms with Crippen molar-refractivity contribution in [1.29, 1.82) is 0 Å². The summed E-state index contributed by atoms with van der Waals surface area (Å²) in [5.41, 5.74) is 2.09. The van der Waals surface area contributed by atoms with E-state index in [1.807, 2.05) is 6.92 Å². The molecule has 0 radical (unpaired) electrons. The van der Waals surface area contributed by atoms with Crippen molar-refractivity contribution in [2.24, 2.45) is 0 Å². The van der Waals surface area contributed by atoms with Gasteiger partial charge in [0.1, 0.15) is 5.69 Å². The molecule has 1 aromatic heterocycles. The molecule has 0 atom stereocenters. The number of benzene rings is 1. The third-order valence-corrected chi connectivity index (χ3v) is 4.82. The van der Waals surface area contributed by atoms with E-state index in [-0.39, 0.29) is 11.9 Å². The number of methoxy groups -OCH3 is 1. The van der Waals surface area contributed by atoms with Crippen molar-refractivity contribution < 1.29 is 14.3 Å². The van der Waals surface area contributed by atoms with Gasteiger partial charge in [-0.25, -0.2) is 14.8 Å². The molecule has 0 unspecified atom stereocenters. The molecule has 7 nitrogen and oxygen atoms in total. The molecule has 1 aliphatic rings. The summed E-state index contributed by atoms with van der Waals surface area (Å²) in [6.45, 7) is 1.82. The molecule has 0 saturated heterocycles. The van der Waals surface area contributed by atoms with E-state index in [2.05, 4.69) is 20.6 Å². The minimum absolute atomic E-state index is 0.177. The summed E-state index contributed by atoms with van der Waals surface area (Å²) in [6.07, 6.45) is 6.80. The van der Waals surface area contributed by atoms with E-state index in [9.17, 15) is 9.59 Å². The summed E-state index contributed by atoms with van der Waals surface area (Å²) in [4.78, 5) is 33.1. The van der Waals surface area contributed by atoms with Crippen LogP contribution in [0.2, 0.25) is 0 Å². The smallest absolute Gasteiger partial charge is 0.337 e. The second kappa shape index (κ2) is 9.30. The van der Waals surface area contributed by atoms with Crippen LogP contribution < -0.4 is 10.6 Å². The van der Waals surface area contributed by atoms with Crippen LogP contribution in [-0.2, 0) is 4.74 Å². The van der Waals surface area contributed by atoms with E-state index in [1.54, 1.807) is 30.3 Å². The van der Waals surface area contributed by atoms with Gasteiger partial charge in [-0.3, -0.25) is 4.79 Å². The molecule has 7 heteroatoms. The molecular weight excluding hydrogens is 356 g/mol. The van der Waals surface area contributed by atoms with Crippen LogP contribution in [0.5, 0.6) is 0 Å². The lowest BCUT2D eigenvalue weighted by Gasteiger charge is -2.16. The number of nitrogens with one attached hydrogen (secondary N) is 2. The van der Waals surface area contributed by atoms with E-state index in [4.69, 9.17) is 4.74 Å². The van der Waals surface area contributed by atoms with Gasteiger partial charge in [0.2, 0.25) is 5.95 Å². The molecule has 1 amide bonds. The number of hydrogen-bond acceptors (Lipinski definition) is 6. The van der Waals surface area contributed by atoms with Crippen molar-refractivity contribution in [2.75, 3.05) is 12.4 Å². The van der Waals surface area contributed by atoms with Crippen LogP contribution in [0.15, 0.2) is 30.3 Å². The number of ether oxygens (including phenoxy) is 1. The minimum Gasteiger partial charge on any atom is -0.465 e. The number of nitrogens with zero attached hydrogens (tertiary/aromatic N) is 2. The molecule has 1 aromatic carbocycles. The monoisotopic (exact) mass is 382 g/mol. The van der Waals surface area contributed by atoms with Gasteiger partial charge in [0.15, 0.2) is 0 Å². The average molecular weight is 382 g/mol. The fourth-order valence-corrected chi connectivity index (χ4v) is 3.39. The topological polar surface area (TPSA) is 93.2 Å². The van der Waals surface area contributed by atoms with Crippen LogP contribution >= 0.6 is 0 Å². The Kier molecular flexibility index (Phi) is 6.57. The van der Waals surface area contributed by atoms with Gasteiger partial charge < -0.3 is 15.4 Å². The first-order valence-electron chi connectivity index (χ1n) is 9.67. The van der Waals surface area contributed by atoms with Crippen LogP contribution in [-0.4, -0.2) is 35.0 Å². The van der Waals surface area contributed by atoms with Crippen LogP contribution in [0.25, 0.3) is 0 Å². The lowest BCUT2D eigenvalue weighted by Crippen LogP contribution is -2.35. The second-order valence-corrected chi connectivity index (χ2v) is 7.08. The van der Waals surface area contributed by atoms with Crippen LogP contribution in [0.3, 0.4) is 0 Å². The summed E-state index contributed by atoms with van der Waals surface area (Å²) < 4.78 is 4.74. The summed E-state index contributed by atoms with van der Waals surface area (Å²) in [5.74, 6) is -0.283. The van der Waals surface area contributed by atoms with Gasteiger partial charge in [-0.15, -0.1) is 0 Å². The maximum absolute atomic E-state index is 12.7. The Bertz CT molecular complexity index is 845. The zero-order valence-electron chi connectivity index (χ0n) is 16.3. The molecule has 1 aliphatic carbocycles. The summed E-state index contributed by atoms with van der Waals surface area (Å²) in [7, 11) is 1.34. The van der Waals surface area contributed by atoms with Crippen molar-refractivity contribution >= 4 is 23.5 Å². The van der Waals surface area contributed by atoms with Crippen molar-refractivity contribution in [2.45, 2.75) is 51.5 Å². The molecule has 2 N–H and O–H groups in total. The van der Waals surface area contributed by atoms with Gasteiger partial charge in [-0.1, -0.05) is 31.7 Å². The third kappa shape index (κ3) is 5.28. The van der Waals surface area contributed by atoms with Gasteiger partial charge in [0, 0.05) is 17.4 Å². The minimum atomic E-state index is -0.419. The Morgan fingerprint density at radius 3 is 2.54 bits per heavy atom. The number of aryl methyl sites for hydroxylation is 1. The number of carbonyl (C=O) groups excluding carboxylic acids is 2.